The number of carbonyl (C=O) groups is 2. The van der Waals surface area contributed by atoms with E-state index in [9.17, 15) is 14.0 Å². The normalized spacial score (nSPS) is 22.5. The third-order valence-corrected chi connectivity index (χ3v) is 7.89. The summed E-state index contributed by atoms with van der Waals surface area (Å²) in [7, 11) is 0. The van der Waals surface area contributed by atoms with Gasteiger partial charge in [0.05, 0.1) is 9.58 Å². The van der Waals surface area contributed by atoms with Crippen LogP contribution in [-0.4, -0.2) is 47.5 Å². The summed E-state index contributed by atoms with van der Waals surface area (Å²) in [6.45, 7) is 2.38. The predicted octanol–water partition coefficient (Wildman–Crippen LogP) is 4.96. The molecule has 2 aromatic heterocycles. The molecule has 2 aliphatic rings. The average molecular weight is 446 g/mol. The Balaban J connectivity index is 1.10. The van der Waals surface area contributed by atoms with Gasteiger partial charge in [0.25, 0.3) is 5.91 Å². The van der Waals surface area contributed by atoms with Crippen LogP contribution in [0.25, 0.3) is 10.1 Å². The topological polar surface area (TPSA) is 62.3 Å². The van der Waals surface area contributed by atoms with Gasteiger partial charge in [-0.2, -0.15) is 0 Å². The number of rotatable bonds is 7. The van der Waals surface area contributed by atoms with Gasteiger partial charge in [-0.1, -0.05) is 12.8 Å². The molecule has 0 unspecified atom stereocenters. The molecule has 1 aliphatic carbocycles. The zero-order valence-corrected chi connectivity index (χ0v) is 18.8. The fraction of sp³-hybridized carbons (Fsp3) is 0.625. The van der Waals surface area contributed by atoms with Crippen molar-refractivity contribution in [2.45, 2.75) is 64.0 Å². The Kier molecular flexibility index (Phi) is 7.54. The molecule has 2 amide bonds. The Morgan fingerprint density at radius 2 is 1.90 bits per heavy atom. The van der Waals surface area contributed by atoms with Crippen molar-refractivity contribution in [2.24, 2.45) is 11.8 Å². The largest absolute Gasteiger partial charge is 0.351 e. The van der Waals surface area contributed by atoms with Gasteiger partial charge in [0, 0.05) is 37.9 Å². The van der Waals surface area contributed by atoms with Crippen molar-refractivity contribution in [3.63, 3.8) is 0 Å². The highest BCUT2D eigenvalue weighted by atomic mass is 32.1. The van der Waals surface area contributed by atoms with Gasteiger partial charge in [-0.15, -0.1) is 11.3 Å². The number of hydrogen-bond acceptors (Lipinski definition) is 4. The molecule has 168 valence electrons. The number of nitrogens with one attached hydrogen (secondary N) is 1. The molecule has 1 N–H and O–H groups in total. The van der Waals surface area contributed by atoms with Crippen molar-refractivity contribution in [3.05, 3.63) is 29.4 Å². The van der Waals surface area contributed by atoms with Crippen LogP contribution in [0.5, 0.6) is 0 Å². The molecule has 0 radical (unpaired) electrons. The van der Waals surface area contributed by atoms with Crippen LogP contribution in [0, 0.1) is 11.8 Å². The summed E-state index contributed by atoms with van der Waals surface area (Å²) in [6, 6.07) is 3.85. The van der Waals surface area contributed by atoms with E-state index in [4.69, 9.17) is 0 Å². The smallest absolute Gasteiger partial charge is 0.261 e. The molecule has 0 bridgehead atoms. The lowest BCUT2D eigenvalue weighted by Gasteiger charge is -2.35. The van der Waals surface area contributed by atoms with Crippen LogP contribution in [0.15, 0.2) is 24.5 Å². The first-order valence-electron chi connectivity index (χ1n) is 11.6. The Hall–Kier alpha value is -2.02. The fourth-order valence-corrected chi connectivity index (χ4v) is 5.79. The molecule has 1 aliphatic heterocycles. The molecule has 0 aromatic carbocycles. The third-order valence-electron chi connectivity index (χ3n) is 6.80. The number of thiophene rings is 1. The predicted molar refractivity (Wildman–Crippen MR) is 122 cm³/mol. The highest BCUT2D eigenvalue weighted by Crippen LogP contribution is 2.30. The SMILES string of the molecule is O=C(NCCCCC1CCN(C(=O)C2CCC(F)CC2)CC1)c1cc2ccncc2s1. The van der Waals surface area contributed by atoms with E-state index in [0.717, 1.165) is 60.2 Å². The summed E-state index contributed by atoms with van der Waals surface area (Å²) in [6.07, 6.45) is 10.7. The van der Waals surface area contributed by atoms with E-state index in [1.807, 2.05) is 17.0 Å². The number of hydrogen-bond donors (Lipinski definition) is 1. The maximum atomic E-state index is 13.3. The van der Waals surface area contributed by atoms with Gasteiger partial charge in [0.1, 0.15) is 6.17 Å². The molecule has 0 spiro atoms. The lowest BCUT2D eigenvalue weighted by Crippen LogP contribution is -2.42. The number of piperidine rings is 1. The van der Waals surface area contributed by atoms with Gasteiger partial charge >= 0.3 is 0 Å². The quantitative estimate of drug-likeness (QED) is 0.613. The fourth-order valence-electron chi connectivity index (χ4n) is 4.84. The lowest BCUT2D eigenvalue weighted by molar-refractivity contribution is -0.138. The molecular formula is C24H32FN3O2S. The third kappa shape index (κ3) is 5.82. The molecule has 3 heterocycles. The van der Waals surface area contributed by atoms with E-state index < -0.39 is 6.17 Å². The number of carbonyl (C=O) groups excluding carboxylic acids is 2. The van der Waals surface area contributed by atoms with E-state index in [1.54, 1.807) is 12.4 Å². The van der Waals surface area contributed by atoms with Gasteiger partial charge in [0.15, 0.2) is 0 Å². The molecule has 7 heteroatoms. The molecule has 4 rings (SSSR count). The van der Waals surface area contributed by atoms with Gasteiger partial charge in [-0.05, 0) is 68.4 Å². The molecule has 1 saturated carbocycles. The number of likely N-dealkylation sites (tertiary alicyclic amines) is 1. The second-order valence-electron chi connectivity index (χ2n) is 8.99. The summed E-state index contributed by atoms with van der Waals surface area (Å²) in [5, 5.41) is 4.09. The Morgan fingerprint density at radius 1 is 1.13 bits per heavy atom. The Labute approximate surface area is 187 Å². The Morgan fingerprint density at radius 3 is 2.65 bits per heavy atom. The highest BCUT2D eigenvalue weighted by molar-refractivity contribution is 7.20. The monoisotopic (exact) mass is 445 g/mol. The summed E-state index contributed by atoms with van der Waals surface area (Å²) in [5.41, 5.74) is 0. The molecule has 5 nitrogen and oxygen atoms in total. The van der Waals surface area contributed by atoms with Crippen LogP contribution in [0.2, 0.25) is 0 Å². The van der Waals surface area contributed by atoms with Crippen molar-refractivity contribution in [2.75, 3.05) is 19.6 Å². The van der Waals surface area contributed by atoms with E-state index in [0.29, 0.717) is 38.1 Å². The second-order valence-corrected chi connectivity index (χ2v) is 10.1. The number of amides is 2. The number of halogens is 1. The Bertz CT molecular complexity index is 853. The number of fused-ring (bicyclic) bond motifs is 1. The van der Waals surface area contributed by atoms with Crippen molar-refractivity contribution >= 4 is 33.2 Å². The molecule has 1 saturated heterocycles. The maximum Gasteiger partial charge on any atom is 0.261 e. The molecule has 31 heavy (non-hydrogen) atoms. The van der Waals surface area contributed by atoms with Crippen LogP contribution in [-0.2, 0) is 4.79 Å². The number of pyridine rings is 1. The van der Waals surface area contributed by atoms with E-state index in [1.165, 1.54) is 11.3 Å². The van der Waals surface area contributed by atoms with Crippen molar-refractivity contribution in [1.82, 2.24) is 15.2 Å². The standard InChI is InChI=1S/C24H32FN3O2S/c25-20-6-4-18(5-7-20)24(30)28-13-9-17(10-14-28)3-1-2-11-27-23(29)21-15-19-8-12-26-16-22(19)31-21/h8,12,15-18,20H,1-7,9-11,13-14H2,(H,27,29). The van der Waals surface area contributed by atoms with Gasteiger partial charge in [-0.3, -0.25) is 14.6 Å². The van der Waals surface area contributed by atoms with Gasteiger partial charge in [0.2, 0.25) is 5.91 Å². The summed E-state index contributed by atoms with van der Waals surface area (Å²) in [5.74, 6) is 0.959. The number of alkyl halides is 1. The minimum absolute atomic E-state index is 0.00480. The zero-order chi connectivity index (χ0) is 21.6. The maximum absolute atomic E-state index is 13.3. The molecule has 2 fully saturated rings. The first-order valence-corrected chi connectivity index (χ1v) is 12.5. The number of aromatic nitrogens is 1. The number of unbranched alkanes of at least 4 members (excludes halogenated alkanes) is 1. The van der Waals surface area contributed by atoms with Crippen molar-refractivity contribution in [1.29, 1.82) is 0 Å². The molecule has 0 atom stereocenters. The first-order chi connectivity index (χ1) is 15.1. The van der Waals surface area contributed by atoms with Crippen LogP contribution in [0.4, 0.5) is 4.39 Å². The van der Waals surface area contributed by atoms with Gasteiger partial charge < -0.3 is 10.2 Å². The summed E-state index contributed by atoms with van der Waals surface area (Å²) in [4.78, 5) is 31.9. The van der Waals surface area contributed by atoms with E-state index in [-0.39, 0.29) is 17.7 Å². The van der Waals surface area contributed by atoms with E-state index in [2.05, 4.69) is 10.3 Å². The summed E-state index contributed by atoms with van der Waals surface area (Å²) >= 11 is 1.48. The van der Waals surface area contributed by atoms with Crippen LogP contribution < -0.4 is 5.32 Å². The molecular weight excluding hydrogens is 413 g/mol. The van der Waals surface area contributed by atoms with Crippen LogP contribution in [0.3, 0.4) is 0 Å². The highest BCUT2D eigenvalue weighted by Gasteiger charge is 2.31. The van der Waals surface area contributed by atoms with Crippen molar-refractivity contribution in [3.8, 4) is 0 Å². The van der Waals surface area contributed by atoms with Gasteiger partial charge in [-0.25, -0.2) is 4.39 Å². The summed E-state index contributed by atoms with van der Waals surface area (Å²) < 4.78 is 14.3. The second kappa shape index (κ2) is 10.5. The average Bonchev–Trinajstić information content (AvgIpc) is 3.24. The first kappa shape index (κ1) is 22.2. The van der Waals surface area contributed by atoms with Crippen LogP contribution in [0.1, 0.15) is 67.5 Å². The van der Waals surface area contributed by atoms with Crippen LogP contribution >= 0.6 is 11.3 Å². The lowest BCUT2D eigenvalue weighted by atomic mass is 9.85. The zero-order valence-electron chi connectivity index (χ0n) is 18.0. The van der Waals surface area contributed by atoms with E-state index >= 15 is 0 Å². The minimum atomic E-state index is -0.707. The number of nitrogens with zero attached hydrogens (tertiary/aromatic N) is 2. The molecule has 2 aromatic rings. The minimum Gasteiger partial charge on any atom is -0.351 e. The van der Waals surface area contributed by atoms with Crippen molar-refractivity contribution < 1.29 is 14.0 Å².